The topological polar surface area (TPSA) is 88.7 Å². The van der Waals surface area contributed by atoms with Crippen LogP contribution in [0.4, 0.5) is 9.18 Å². The molecule has 30 heavy (non-hydrogen) atoms. The lowest BCUT2D eigenvalue weighted by atomic mass is 10.1. The molecule has 0 aliphatic carbocycles. The first-order valence-corrected chi connectivity index (χ1v) is 10.1. The second-order valence-corrected chi connectivity index (χ2v) is 7.46. The number of hydroxylamine groups is 1. The third-order valence-electron chi connectivity index (χ3n) is 4.29. The van der Waals surface area contributed by atoms with Crippen LogP contribution in [0.3, 0.4) is 0 Å². The fourth-order valence-corrected chi connectivity index (χ4v) is 3.15. The highest BCUT2D eigenvalue weighted by molar-refractivity contribution is 9.11. The molecule has 0 aromatic heterocycles. The van der Waals surface area contributed by atoms with Gasteiger partial charge in [-0.15, -0.1) is 0 Å². The van der Waals surface area contributed by atoms with E-state index in [2.05, 4.69) is 32.0 Å². The number of hydrogen-bond acceptors (Lipinski definition) is 5. The van der Waals surface area contributed by atoms with E-state index in [0.717, 1.165) is 5.56 Å². The molecule has 2 atom stereocenters. The zero-order valence-electron chi connectivity index (χ0n) is 15.9. The molecule has 1 unspecified atom stereocenters. The van der Waals surface area contributed by atoms with Crippen LogP contribution in [-0.2, 0) is 27.4 Å². The lowest BCUT2D eigenvalue weighted by Gasteiger charge is -2.19. The van der Waals surface area contributed by atoms with E-state index in [1.807, 2.05) is 30.3 Å². The van der Waals surface area contributed by atoms with Gasteiger partial charge in [0.25, 0.3) is 0 Å². The van der Waals surface area contributed by atoms with E-state index >= 15 is 0 Å². The first-order chi connectivity index (χ1) is 14.5. The van der Waals surface area contributed by atoms with Crippen molar-refractivity contribution in [3.05, 3.63) is 82.2 Å². The van der Waals surface area contributed by atoms with Crippen molar-refractivity contribution in [2.75, 3.05) is 6.54 Å². The van der Waals surface area contributed by atoms with Gasteiger partial charge in [0.2, 0.25) is 5.91 Å². The first kappa shape index (κ1) is 21.8. The lowest BCUT2D eigenvalue weighted by Crippen LogP contribution is -2.49. The van der Waals surface area contributed by atoms with Crippen LogP contribution < -0.4 is 16.1 Å². The molecule has 2 aromatic carbocycles. The number of carbonyl (C=O) groups is 2. The summed E-state index contributed by atoms with van der Waals surface area (Å²) in [5, 5.41) is 5.33. The van der Waals surface area contributed by atoms with Crippen molar-refractivity contribution in [2.24, 2.45) is 0 Å². The summed E-state index contributed by atoms with van der Waals surface area (Å²) < 4.78 is 19.1. The van der Waals surface area contributed by atoms with E-state index < -0.39 is 18.0 Å². The van der Waals surface area contributed by atoms with Gasteiger partial charge in [-0.05, 0) is 45.3 Å². The second kappa shape index (κ2) is 10.7. The number of amides is 2. The Balaban J connectivity index is 1.59. The minimum absolute atomic E-state index is 0.0813. The number of alkyl carbamates (subject to hydrolysis) is 1. The number of rotatable bonds is 8. The molecule has 1 aliphatic heterocycles. The third kappa shape index (κ3) is 6.85. The molecule has 2 amide bonds. The molecular weight excluding hydrogens is 457 g/mol. The maximum absolute atomic E-state index is 13.2. The van der Waals surface area contributed by atoms with Crippen molar-refractivity contribution in [1.29, 1.82) is 0 Å². The van der Waals surface area contributed by atoms with Crippen molar-refractivity contribution in [1.82, 2.24) is 16.1 Å². The Morgan fingerprint density at radius 2 is 1.87 bits per heavy atom. The van der Waals surface area contributed by atoms with Crippen LogP contribution in [0.2, 0.25) is 0 Å². The Bertz CT molecular complexity index is 893. The zero-order valence-corrected chi connectivity index (χ0v) is 17.5. The van der Waals surface area contributed by atoms with E-state index in [0.29, 0.717) is 10.2 Å². The number of hydrogen-bond donors (Lipinski definition) is 3. The predicted octanol–water partition coefficient (Wildman–Crippen LogP) is 2.92. The maximum atomic E-state index is 13.2. The predicted molar refractivity (Wildman–Crippen MR) is 112 cm³/mol. The van der Waals surface area contributed by atoms with E-state index in [-0.39, 0.29) is 31.5 Å². The minimum atomic E-state index is -0.902. The Labute approximate surface area is 181 Å². The highest BCUT2D eigenvalue weighted by Crippen LogP contribution is 2.11. The standard InChI is InChI=1S/C21H21BrFN3O4/c22-19-11-17(30-26-19)12-24-20(27)18(10-14-6-8-16(23)9-7-14)25-21(28)29-13-15-4-2-1-3-5-15/h1-9,11,17-18,26H,10,12-13H2,(H,24,27)(H,25,28)/t17?,18-/m0/s1. The van der Waals surface area contributed by atoms with Crippen LogP contribution in [0.15, 0.2) is 65.3 Å². The highest BCUT2D eigenvalue weighted by Gasteiger charge is 2.24. The molecule has 0 radical (unpaired) electrons. The van der Waals surface area contributed by atoms with E-state index in [1.54, 1.807) is 18.2 Å². The summed E-state index contributed by atoms with van der Waals surface area (Å²) in [6.07, 6.45) is 0.870. The average Bonchev–Trinajstić information content (AvgIpc) is 3.17. The summed E-state index contributed by atoms with van der Waals surface area (Å²) in [4.78, 5) is 30.2. The lowest BCUT2D eigenvalue weighted by molar-refractivity contribution is -0.123. The molecule has 3 rings (SSSR count). The minimum Gasteiger partial charge on any atom is -0.445 e. The summed E-state index contributed by atoms with van der Waals surface area (Å²) >= 11 is 3.24. The van der Waals surface area contributed by atoms with Gasteiger partial charge in [0.1, 0.15) is 29.2 Å². The normalized spacial score (nSPS) is 16.2. The number of benzene rings is 2. The molecule has 9 heteroatoms. The van der Waals surface area contributed by atoms with Crippen LogP contribution in [0.5, 0.6) is 0 Å². The van der Waals surface area contributed by atoms with Crippen LogP contribution in [0.1, 0.15) is 11.1 Å². The number of ether oxygens (including phenoxy) is 1. The van der Waals surface area contributed by atoms with Gasteiger partial charge in [-0.25, -0.2) is 9.18 Å². The quantitative estimate of drug-likeness (QED) is 0.508. The van der Waals surface area contributed by atoms with Gasteiger partial charge < -0.3 is 15.4 Å². The summed E-state index contributed by atoms with van der Waals surface area (Å²) in [5.74, 6) is -0.783. The number of halogens is 2. The Morgan fingerprint density at radius 1 is 1.13 bits per heavy atom. The molecule has 0 saturated heterocycles. The highest BCUT2D eigenvalue weighted by atomic mass is 79.9. The molecule has 0 fully saturated rings. The fraction of sp³-hybridized carbons (Fsp3) is 0.238. The van der Waals surface area contributed by atoms with Gasteiger partial charge in [-0.2, -0.15) is 0 Å². The van der Waals surface area contributed by atoms with Gasteiger partial charge in [-0.1, -0.05) is 42.5 Å². The van der Waals surface area contributed by atoms with Gasteiger partial charge in [0.05, 0.1) is 6.54 Å². The van der Waals surface area contributed by atoms with Gasteiger partial charge in [0, 0.05) is 6.42 Å². The Kier molecular flexibility index (Phi) is 7.81. The molecule has 0 saturated carbocycles. The van der Waals surface area contributed by atoms with E-state index in [9.17, 15) is 14.0 Å². The van der Waals surface area contributed by atoms with Crippen LogP contribution in [-0.4, -0.2) is 30.7 Å². The summed E-state index contributed by atoms with van der Waals surface area (Å²) in [6.45, 7) is 0.291. The monoisotopic (exact) mass is 477 g/mol. The van der Waals surface area contributed by atoms with Crippen molar-refractivity contribution in [2.45, 2.75) is 25.2 Å². The van der Waals surface area contributed by atoms with Crippen molar-refractivity contribution >= 4 is 27.9 Å². The molecule has 158 valence electrons. The van der Waals surface area contributed by atoms with Gasteiger partial charge in [0.15, 0.2) is 0 Å². The van der Waals surface area contributed by atoms with Crippen LogP contribution >= 0.6 is 15.9 Å². The summed E-state index contributed by atoms with van der Waals surface area (Å²) in [6, 6.07) is 14.0. The van der Waals surface area contributed by atoms with Crippen LogP contribution in [0, 0.1) is 5.82 Å². The summed E-state index contributed by atoms with van der Waals surface area (Å²) in [5.41, 5.74) is 4.16. The van der Waals surface area contributed by atoms with Crippen molar-refractivity contribution in [3.8, 4) is 0 Å². The molecular formula is C21H21BrFN3O4. The Morgan fingerprint density at radius 3 is 2.53 bits per heavy atom. The van der Waals surface area contributed by atoms with E-state index in [1.165, 1.54) is 12.1 Å². The maximum Gasteiger partial charge on any atom is 0.408 e. The molecule has 0 spiro atoms. The van der Waals surface area contributed by atoms with Crippen molar-refractivity contribution in [3.63, 3.8) is 0 Å². The van der Waals surface area contributed by atoms with Gasteiger partial charge >= 0.3 is 6.09 Å². The second-order valence-electron chi connectivity index (χ2n) is 6.61. The number of nitrogens with one attached hydrogen (secondary N) is 3. The smallest absolute Gasteiger partial charge is 0.408 e. The number of carbonyl (C=O) groups excluding carboxylic acids is 2. The molecule has 1 aliphatic rings. The largest absolute Gasteiger partial charge is 0.445 e. The van der Waals surface area contributed by atoms with Gasteiger partial charge in [-0.3, -0.25) is 15.1 Å². The average molecular weight is 478 g/mol. The Hall–Kier alpha value is -2.91. The van der Waals surface area contributed by atoms with E-state index in [4.69, 9.17) is 9.57 Å². The summed E-state index contributed by atoms with van der Waals surface area (Å²) in [7, 11) is 0. The first-order valence-electron chi connectivity index (χ1n) is 9.28. The third-order valence-corrected chi connectivity index (χ3v) is 4.72. The molecule has 3 N–H and O–H groups in total. The zero-order chi connectivity index (χ0) is 21.3. The van der Waals surface area contributed by atoms with Crippen molar-refractivity contribution < 1.29 is 23.6 Å². The fourth-order valence-electron chi connectivity index (χ4n) is 2.76. The van der Waals surface area contributed by atoms with Crippen LogP contribution in [0.25, 0.3) is 0 Å². The molecule has 0 bridgehead atoms. The molecule has 1 heterocycles. The molecule has 2 aromatic rings. The molecule has 7 nitrogen and oxygen atoms in total. The SMILES string of the molecule is O=C(N[C@@H](Cc1ccc(F)cc1)C(=O)NCC1C=C(Br)NO1)OCc1ccccc1.